The minimum Gasteiger partial charge on any atom is -0.459 e. The molecule has 0 bridgehead atoms. The van der Waals surface area contributed by atoms with Gasteiger partial charge in [0.05, 0.1) is 6.26 Å². The fourth-order valence-electron chi connectivity index (χ4n) is 3.22. The number of primary amides is 1. The number of carbonyl (C=O) groups is 4. The summed E-state index contributed by atoms with van der Waals surface area (Å²) in [6, 6.07) is 7.68. The van der Waals surface area contributed by atoms with E-state index in [1.807, 2.05) is 38.1 Å². The Morgan fingerprint density at radius 3 is 2.11 bits per heavy atom. The molecule has 2 rings (SSSR count). The number of hydrogen-bond acceptors (Lipinski definition) is 6. The zero-order chi connectivity index (χ0) is 26.0. The zero-order valence-electron chi connectivity index (χ0n) is 19.6. The molecule has 5 N–H and O–H groups in total. The van der Waals surface area contributed by atoms with Crippen LogP contribution in [0.15, 0.2) is 47.1 Å². The summed E-state index contributed by atoms with van der Waals surface area (Å²) < 4.78 is 6.15. The van der Waals surface area contributed by atoms with Crippen LogP contribution in [0.25, 0.3) is 0 Å². The van der Waals surface area contributed by atoms with Crippen molar-refractivity contribution < 1.29 is 23.6 Å². The summed E-state index contributed by atoms with van der Waals surface area (Å²) >= 11 is 6.24. The van der Waals surface area contributed by atoms with Crippen LogP contribution in [0.1, 0.15) is 42.8 Å². The Bertz CT molecular complexity index is 998. The number of thiol groups is 1. The van der Waals surface area contributed by atoms with Gasteiger partial charge in [-0.15, -0.1) is 0 Å². The van der Waals surface area contributed by atoms with Crippen molar-refractivity contribution in [2.75, 3.05) is 5.75 Å². The number of amides is 4. The summed E-state index contributed by atoms with van der Waals surface area (Å²) in [5, 5.41) is 7.99. The van der Waals surface area contributed by atoms with Gasteiger partial charge in [-0.2, -0.15) is 12.6 Å². The zero-order valence-corrected chi connectivity index (χ0v) is 22.7. The largest absolute Gasteiger partial charge is 0.459 e. The SMILES string of the molecule is CC(C)CC[C@H](NC(=O)c1ccco1)C(=O)N[C@@H](Cc1ccc(I)cc1)C(=O)N[C@@H](CS)C(N)=O. The lowest BCUT2D eigenvalue weighted by molar-refractivity contribution is -0.131. The van der Waals surface area contributed by atoms with E-state index in [1.54, 1.807) is 6.07 Å². The summed E-state index contributed by atoms with van der Waals surface area (Å²) in [7, 11) is 0. The Hall–Kier alpha value is -2.54. The van der Waals surface area contributed by atoms with Gasteiger partial charge in [0, 0.05) is 15.7 Å². The van der Waals surface area contributed by atoms with Gasteiger partial charge in [-0.3, -0.25) is 19.2 Å². The van der Waals surface area contributed by atoms with Crippen LogP contribution in [0.4, 0.5) is 0 Å². The van der Waals surface area contributed by atoms with Crippen molar-refractivity contribution in [2.24, 2.45) is 11.7 Å². The van der Waals surface area contributed by atoms with Crippen LogP contribution < -0.4 is 21.7 Å². The molecule has 0 saturated heterocycles. The van der Waals surface area contributed by atoms with Gasteiger partial charge in [-0.05, 0) is 71.2 Å². The Balaban J connectivity index is 2.23. The second-order valence-electron chi connectivity index (χ2n) is 8.51. The molecule has 190 valence electrons. The van der Waals surface area contributed by atoms with Crippen LogP contribution in [0.5, 0.6) is 0 Å². The van der Waals surface area contributed by atoms with E-state index in [-0.39, 0.29) is 17.9 Å². The van der Waals surface area contributed by atoms with Gasteiger partial charge in [0.1, 0.15) is 18.1 Å². The third-order valence-electron chi connectivity index (χ3n) is 5.23. The smallest absolute Gasteiger partial charge is 0.287 e. The maximum atomic E-state index is 13.3. The quantitative estimate of drug-likeness (QED) is 0.173. The molecular weight excluding hydrogens is 583 g/mol. The first kappa shape index (κ1) is 28.7. The summed E-state index contributed by atoms with van der Waals surface area (Å²) in [5.74, 6) is -1.95. The minimum atomic E-state index is -1.01. The number of nitrogens with two attached hydrogens (primary N) is 1. The van der Waals surface area contributed by atoms with Gasteiger partial charge in [-0.25, -0.2) is 0 Å². The lowest BCUT2D eigenvalue weighted by Crippen LogP contribution is -2.57. The van der Waals surface area contributed by atoms with Crippen molar-refractivity contribution in [2.45, 2.75) is 51.2 Å². The van der Waals surface area contributed by atoms with Crippen molar-refractivity contribution in [1.82, 2.24) is 16.0 Å². The molecule has 1 aromatic heterocycles. The molecule has 1 aromatic carbocycles. The van der Waals surface area contributed by atoms with E-state index >= 15 is 0 Å². The Morgan fingerprint density at radius 1 is 0.943 bits per heavy atom. The van der Waals surface area contributed by atoms with Gasteiger partial charge in [0.15, 0.2) is 5.76 Å². The van der Waals surface area contributed by atoms with Gasteiger partial charge in [-0.1, -0.05) is 26.0 Å². The first-order valence-corrected chi connectivity index (χ1v) is 12.9. The van der Waals surface area contributed by atoms with Crippen LogP contribution in [0, 0.1) is 9.49 Å². The highest BCUT2D eigenvalue weighted by Crippen LogP contribution is 2.12. The molecule has 0 radical (unpaired) electrons. The molecule has 9 nitrogen and oxygen atoms in total. The van der Waals surface area contributed by atoms with Crippen LogP contribution in [-0.4, -0.2) is 47.5 Å². The second-order valence-corrected chi connectivity index (χ2v) is 10.1. The average Bonchev–Trinajstić information content (AvgIpc) is 3.35. The van der Waals surface area contributed by atoms with E-state index in [9.17, 15) is 19.2 Å². The third kappa shape index (κ3) is 9.55. The average molecular weight is 615 g/mol. The third-order valence-corrected chi connectivity index (χ3v) is 6.31. The summed E-state index contributed by atoms with van der Waals surface area (Å²) in [5.41, 5.74) is 6.15. The molecule has 0 aliphatic heterocycles. The van der Waals surface area contributed by atoms with Crippen molar-refractivity contribution >= 4 is 58.8 Å². The second kappa shape index (κ2) is 14.1. The Labute approximate surface area is 223 Å². The Kier molecular flexibility index (Phi) is 11.6. The molecule has 0 aliphatic carbocycles. The van der Waals surface area contributed by atoms with Gasteiger partial charge in [0.25, 0.3) is 5.91 Å². The van der Waals surface area contributed by atoms with E-state index in [2.05, 4.69) is 51.2 Å². The first-order chi connectivity index (χ1) is 16.6. The fourth-order valence-corrected chi connectivity index (χ4v) is 3.85. The van der Waals surface area contributed by atoms with Crippen LogP contribution in [0.2, 0.25) is 0 Å². The first-order valence-electron chi connectivity index (χ1n) is 11.2. The van der Waals surface area contributed by atoms with Crippen molar-refractivity contribution in [3.63, 3.8) is 0 Å². The molecule has 1 heterocycles. The monoisotopic (exact) mass is 614 g/mol. The van der Waals surface area contributed by atoms with Crippen LogP contribution in [0.3, 0.4) is 0 Å². The van der Waals surface area contributed by atoms with E-state index in [0.29, 0.717) is 18.8 Å². The van der Waals surface area contributed by atoms with Gasteiger partial charge < -0.3 is 26.1 Å². The Morgan fingerprint density at radius 2 is 1.57 bits per heavy atom. The lowest BCUT2D eigenvalue weighted by atomic mass is 10.0. The van der Waals surface area contributed by atoms with Gasteiger partial charge in [0.2, 0.25) is 17.7 Å². The maximum absolute atomic E-state index is 13.3. The number of rotatable bonds is 13. The molecule has 0 spiro atoms. The molecule has 11 heteroatoms. The topological polar surface area (TPSA) is 144 Å². The lowest BCUT2D eigenvalue weighted by Gasteiger charge is -2.25. The normalized spacial score (nSPS) is 13.5. The van der Waals surface area contributed by atoms with Gasteiger partial charge >= 0.3 is 0 Å². The molecule has 0 fully saturated rings. The standard InChI is InChI=1S/C24H31IN4O5S/c1-14(2)5-10-17(27-24(33)20-4-3-11-34-20)22(31)28-18(12-15-6-8-16(25)9-7-15)23(32)29-19(13-35)21(26)30/h3-4,6-9,11,14,17-19,35H,5,10,12-13H2,1-2H3,(H2,26,30)(H,27,33)(H,28,31)(H,29,32)/t17-,18-,19-/m0/s1. The molecule has 3 atom stereocenters. The number of furan rings is 1. The number of halogens is 1. The number of benzene rings is 1. The summed E-state index contributed by atoms with van der Waals surface area (Å²) in [4.78, 5) is 50.5. The molecule has 0 aliphatic rings. The number of carbonyl (C=O) groups excluding carboxylic acids is 4. The summed E-state index contributed by atoms with van der Waals surface area (Å²) in [6.45, 7) is 4.02. The van der Waals surface area contributed by atoms with Crippen LogP contribution >= 0.6 is 35.2 Å². The molecule has 4 amide bonds. The van der Waals surface area contributed by atoms with Crippen molar-refractivity contribution in [3.05, 3.63) is 57.6 Å². The molecular formula is C24H31IN4O5S. The predicted octanol–water partition coefficient (Wildman–Crippen LogP) is 2.05. The number of hydrogen-bond donors (Lipinski definition) is 5. The minimum absolute atomic E-state index is 0.0154. The molecule has 35 heavy (non-hydrogen) atoms. The highest BCUT2D eigenvalue weighted by molar-refractivity contribution is 14.1. The van der Waals surface area contributed by atoms with Crippen molar-refractivity contribution in [1.29, 1.82) is 0 Å². The highest BCUT2D eigenvalue weighted by Gasteiger charge is 2.29. The van der Waals surface area contributed by atoms with Crippen LogP contribution in [-0.2, 0) is 20.8 Å². The number of nitrogens with one attached hydrogen (secondary N) is 3. The fraction of sp³-hybridized carbons (Fsp3) is 0.417. The summed E-state index contributed by atoms with van der Waals surface area (Å²) in [6.07, 6.45) is 2.59. The van der Waals surface area contributed by atoms with E-state index in [0.717, 1.165) is 9.13 Å². The molecule has 0 saturated carbocycles. The predicted molar refractivity (Wildman–Crippen MR) is 144 cm³/mol. The molecule has 2 aromatic rings. The van der Waals surface area contributed by atoms with E-state index in [4.69, 9.17) is 10.2 Å². The molecule has 0 unspecified atom stereocenters. The van der Waals surface area contributed by atoms with Crippen molar-refractivity contribution in [3.8, 4) is 0 Å². The van der Waals surface area contributed by atoms with E-state index < -0.39 is 41.8 Å². The van der Waals surface area contributed by atoms with E-state index in [1.165, 1.54) is 12.3 Å². The maximum Gasteiger partial charge on any atom is 0.287 e. The highest BCUT2D eigenvalue weighted by atomic mass is 127.